The molecule has 1 fully saturated rings. The number of methoxy groups -OCH3 is 1. The number of anilines is 1. The smallest absolute Gasteiger partial charge is 0.193 e. The largest absolute Gasteiger partial charge is 0.495 e. The number of aliphatic hydroxyl groups is 1. The molecular formula is C27H36N4O3. The molecule has 0 saturated carbocycles. The Morgan fingerprint density at radius 1 is 1.21 bits per heavy atom. The van der Waals surface area contributed by atoms with E-state index in [4.69, 9.17) is 20.3 Å². The lowest BCUT2D eigenvalue weighted by molar-refractivity contribution is 0.0888. The van der Waals surface area contributed by atoms with Crippen LogP contribution in [0, 0.1) is 5.41 Å². The number of aliphatic hydroxyl groups excluding tert-OH is 1. The second-order valence-electron chi connectivity index (χ2n) is 9.05. The van der Waals surface area contributed by atoms with Crippen molar-refractivity contribution >= 4 is 22.6 Å². The van der Waals surface area contributed by atoms with E-state index in [0.717, 1.165) is 61.2 Å². The molecule has 0 bridgehead atoms. The van der Waals surface area contributed by atoms with Gasteiger partial charge in [-0.1, -0.05) is 30.7 Å². The zero-order valence-corrected chi connectivity index (χ0v) is 20.0. The Kier molecular flexibility index (Phi) is 8.08. The molecular weight excluding hydrogens is 428 g/mol. The lowest BCUT2D eigenvalue weighted by atomic mass is 10.0. The van der Waals surface area contributed by atoms with E-state index in [1.165, 1.54) is 18.4 Å². The quantitative estimate of drug-likeness (QED) is 0.232. The van der Waals surface area contributed by atoms with Crippen molar-refractivity contribution in [1.82, 2.24) is 4.90 Å². The maximum absolute atomic E-state index is 9.63. The van der Waals surface area contributed by atoms with E-state index in [1.807, 2.05) is 36.4 Å². The number of likely N-dealkylation sites (tertiary alicyclic amines) is 1. The number of nitrogens with one attached hydrogen (secondary N) is 1. The first-order valence-corrected chi connectivity index (χ1v) is 12.2. The number of guanidine groups is 1. The van der Waals surface area contributed by atoms with Gasteiger partial charge in [0.1, 0.15) is 17.1 Å². The molecule has 4 N–H and O–H groups in total. The molecule has 3 aromatic rings. The molecule has 0 radical (unpaired) electrons. The first-order valence-electron chi connectivity index (χ1n) is 12.2. The third-order valence-electron chi connectivity index (χ3n) is 6.74. The lowest BCUT2D eigenvalue weighted by Gasteiger charge is -2.34. The number of rotatable bonds is 10. The van der Waals surface area contributed by atoms with Crippen LogP contribution in [0.4, 0.5) is 5.69 Å². The van der Waals surface area contributed by atoms with Crippen LogP contribution in [0.1, 0.15) is 43.4 Å². The molecule has 34 heavy (non-hydrogen) atoms. The Balaban J connectivity index is 1.43. The van der Waals surface area contributed by atoms with Gasteiger partial charge in [0.25, 0.3) is 0 Å². The zero-order valence-electron chi connectivity index (χ0n) is 20.0. The number of fused-ring (bicyclic) bond motifs is 1. The van der Waals surface area contributed by atoms with Crippen LogP contribution in [-0.2, 0) is 13.0 Å². The Bertz CT molecular complexity index is 1060. The summed E-state index contributed by atoms with van der Waals surface area (Å²) in [5.74, 6) is 1.36. The van der Waals surface area contributed by atoms with Gasteiger partial charge in [-0.25, -0.2) is 0 Å². The molecule has 182 valence electrons. The predicted molar refractivity (Wildman–Crippen MR) is 137 cm³/mol. The van der Waals surface area contributed by atoms with Crippen molar-refractivity contribution in [2.45, 2.75) is 51.1 Å². The number of furan rings is 1. The van der Waals surface area contributed by atoms with Crippen molar-refractivity contribution < 1.29 is 14.3 Å². The van der Waals surface area contributed by atoms with Gasteiger partial charge in [0, 0.05) is 11.4 Å². The minimum atomic E-state index is -0.0592. The highest BCUT2D eigenvalue weighted by atomic mass is 16.5. The normalized spacial score (nSPS) is 16.6. The molecule has 1 atom stereocenters. The summed E-state index contributed by atoms with van der Waals surface area (Å²) in [6.07, 6.45) is 6.63. The number of benzene rings is 2. The van der Waals surface area contributed by atoms with Gasteiger partial charge in [0.2, 0.25) is 0 Å². The molecule has 1 unspecified atom stereocenters. The highest BCUT2D eigenvalue weighted by Crippen LogP contribution is 2.32. The molecule has 1 aliphatic rings. The van der Waals surface area contributed by atoms with Gasteiger partial charge in [-0.3, -0.25) is 10.3 Å². The van der Waals surface area contributed by atoms with Crippen LogP contribution in [0.3, 0.4) is 0 Å². The minimum absolute atomic E-state index is 0.0592. The average molecular weight is 465 g/mol. The molecule has 2 aromatic carbocycles. The Morgan fingerprint density at radius 2 is 2.06 bits per heavy atom. The van der Waals surface area contributed by atoms with Crippen LogP contribution in [0.2, 0.25) is 0 Å². The number of piperidine rings is 1. The highest BCUT2D eigenvalue weighted by Gasteiger charge is 2.21. The van der Waals surface area contributed by atoms with Crippen molar-refractivity contribution in [1.29, 1.82) is 5.41 Å². The summed E-state index contributed by atoms with van der Waals surface area (Å²) in [4.78, 5) is 4.16. The highest BCUT2D eigenvalue weighted by molar-refractivity contribution is 5.94. The lowest BCUT2D eigenvalue weighted by Crippen LogP contribution is -2.42. The van der Waals surface area contributed by atoms with Crippen molar-refractivity contribution in [3.63, 3.8) is 0 Å². The second-order valence-corrected chi connectivity index (χ2v) is 9.05. The first-order chi connectivity index (χ1) is 16.6. The fourth-order valence-corrected chi connectivity index (χ4v) is 4.88. The molecule has 4 rings (SSSR count). The van der Waals surface area contributed by atoms with Crippen LogP contribution in [0.15, 0.2) is 52.9 Å². The molecule has 7 nitrogen and oxygen atoms in total. The number of hydrogen-bond acceptors (Lipinski definition) is 5. The monoisotopic (exact) mass is 464 g/mol. The van der Waals surface area contributed by atoms with Gasteiger partial charge in [0.15, 0.2) is 5.96 Å². The van der Waals surface area contributed by atoms with Gasteiger partial charge in [-0.05, 0) is 75.0 Å². The van der Waals surface area contributed by atoms with Gasteiger partial charge >= 0.3 is 0 Å². The third kappa shape index (κ3) is 5.72. The Morgan fingerprint density at radius 3 is 2.82 bits per heavy atom. The summed E-state index contributed by atoms with van der Waals surface area (Å²) in [5, 5.41) is 18.9. The second kappa shape index (κ2) is 11.4. The van der Waals surface area contributed by atoms with Gasteiger partial charge < -0.3 is 24.9 Å². The molecule has 0 aliphatic carbocycles. The molecule has 1 aromatic heterocycles. The summed E-state index contributed by atoms with van der Waals surface area (Å²) >= 11 is 0. The van der Waals surface area contributed by atoms with E-state index in [2.05, 4.69) is 17.0 Å². The van der Waals surface area contributed by atoms with E-state index < -0.39 is 0 Å². The molecule has 2 heterocycles. The number of nitrogens with two attached hydrogens (primary N) is 1. The summed E-state index contributed by atoms with van der Waals surface area (Å²) < 4.78 is 11.6. The number of aryl methyl sites for hydroxylation is 1. The van der Waals surface area contributed by atoms with Gasteiger partial charge in [0.05, 0.1) is 25.9 Å². The van der Waals surface area contributed by atoms with Gasteiger partial charge in [-0.2, -0.15) is 0 Å². The maximum atomic E-state index is 9.63. The molecule has 0 amide bonds. The van der Waals surface area contributed by atoms with Crippen molar-refractivity contribution in [3.8, 4) is 5.75 Å². The van der Waals surface area contributed by atoms with Crippen LogP contribution in [0.5, 0.6) is 5.75 Å². The average Bonchev–Trinajstić information content (AvgIpc) is 3.28. The van der Waals surface area contributed by atoms with E-state index in [0.29, 0.717) is 18.3 Å². The van der Waals surface area contributed by atoms with Crippen molar-refractivity contribution in [3.05, 3.63) is 59.9 Å². The van der Waals surface area contributed by atoms with Crippen LogP contribution in [0.25, 0.3) is 11.0 Å². The number of nitrogens with zero attached hydrogens (tertiary/aromatic N) is 2. The van der Waals surface area contributed by atoms with Crippen molar-refractivity contribution in [2.75, 3.05) is 31.7 Å². The summed E-state index contributed by atoms with van der Waals surface area (Å²) in [7, 11) is 1.63. The maximum Gasteiger partial charge on any atom is 0.193 e. The number of para-hydroxylation sites is 1. The molecule has 1 aliphatic heterocycles. The van der Waals surface area contributed by atoms with E-state index in [9.17, 15) is 5.11 Å². The van der Waals surface area contributed by atoms with E-state index >= 15 is 0 Å². The van der Waals surface area contributed by atoms with Crippen molar-refractivity contribution in [2.24, 2.45) is 5.73 Å². The third-order valence-corrected chi connectivity index (χ3v) is 6.74. The van der Waals surface area contributed by atoms with Crippen LogP contribution in [-0.4, -0.2) is 48.8 Å². The van der Waals surface area contributed by atoms with Crippen LogP contribution < -0.4 is 15.4 Å². The molecule has 0 spiro atoms. The summed E-state index contributed by atoms with van der Waals surface area (Å²) in [6, 6.07) is 16.3. The zero-order chi connectivity index (χ0) is 23.9. The summed E-state index contributed by atoms with van der Waals surface area (Å²) in [5.41, 5.74) is 8.77. The fourth-order valence-electron chi connectivity index (χ4n) is 4.88. The molecule has 1 saturated heterocycles. The number of ether oxygens (including phenoxy) is 1. The molecule has 7 heteroatoms. The SMILES string of the molecule is COc1ccc(CCCCN2CCCCC2CO)cc1N(Cc1cc2ccccc2o1)C(=N)N. The predicted octanol–water partition coefficient (Wildman–Crippen LogP) is 4.51. The Hall–Kier alpha value is -3.03. The standard InChI is InChI=1S/C27H36N4O3/c1-33-26-13-12-20(8-4-6-14-30-15-7-5-10-22(30)19-32)16-24(26)31(27(28)29)18-23-17-21-9-2-3-11-25(21)34-23/h2-3,9,11-13,16-17,22,32H,4-8,10,14-15,18-19H2,1H3,(H3,28,29). The van der Waals surface area contributed by atoms with E-state index in [-0.39, 0.29) is 12.6 Å². The van der Waals surface area contributed by atoms with Crippen LogP contribution >= 0.6 is 0 Å². The summed E-state index contributed by atoms with van der Waals surface area (Å²) in [6.45, 7) is 2.72. The topological polar surface area (TPSA) is 99.0 Å². The fraction of sp³-hybridized carbons (Fsp3) is 0.444. The first kappa shape index (κ1) is 24.1. The number of unbranched alkanes of at least 4 members (excludes halogenated alkanes) is 1. The number of hydrogen-bond donors (Lipinski definition) is 3. The van der Waals surface area contributed by atoms with E-state index in [1.54, 1.807) is 12.0 Å². The van der Waals surface area contributed by atoms with Gasteiger partial charge in [-0.15, -0.1) is 0 Å². The Labute approximate surface area is 201 Å². The minimum Gasteiger partial charge on any atom is -0.495 e.